The fourth-order valence-electron chi connectivity index (χ4n) is 1.89. The third kappa shape index (κ3) is 3.82. The first-order valence-corrected chi connectivity index (χ1v) is 6.91. The SMILES string of the molecule is NC(=NCc1nc(C(F)(F)F)cs1)N1CCCCC1. The van der Waals surface area contributed by atoms with Crippen LogP contribution < -0.4 is 5.73 Å². The van der Waals surface area contributed by atoms with Crippen molar-refractivity contribution in [1.82, 2.24) is 9.88 Å². The number of guanidine groups is 1. The van der Waals surface area contributed by atoms with Crippen LogP contribution in [0.1, 0.15) is 30.0 Å². The van der Waals surface area contributed by atoms with E-state index in [1.165, 1.54) is 6.42 Å². The third-order valence-electron chi connectivity index (χ3n) is 2.90. The average molecular weight is 292 g/mol. The molecule has 1 aliphatic rings. The molecule has 0 spiro atoms. The van der Waals surface area contributed by atoms with Gasteiger partial charge in [-0.05, 0) is 19.3 Å². The van der Waals surface area contributed by atoms with E-state index in [9.17, 15) is 13.2 Å². The highest BCUT2D eigenvalue weighted by Crippen LogP contribution is 2.30. The predicted molar refractivity (Wildman–Crippen MR) is 67.9 cm³/mol. The lowest BCUT2D eigenvalue weighted by molar-refractivity contribution is -0.140. The summed E-state index contributed by atoms with van der Waals surface area (Å²) in [5.74, 6) is 0.392. The van der Waals surface area contributed by atoms with Crippen molar-refractivity contribution in [2.75, 3.05) is 13.1 Å². The highest BCUT2D eigenvalue weighted by Gasteiger charge is 2.33. The van der Waals surface area contributed by atoms with Gasteiger partial charge < -0.3 is 10.6 Å². The summed E-state index contributed by atoms with van der Waals surface area (Å²) in [6.07, 6.45) is -1.06. The molecule has 2 heterocycles. The van der Waals surface area contributed by atoms with Crippen LogP contribution in [0.25, 0.3) is 0 Å². The van der Waals surface area contributed by atoms with Crippen molar-refractivity contribution >= 4 is 17.3 Å². The molecule has 0 bridgehead atoms. The number of hydrogen-bond acceptors (Lipinski definition) is 3. The molecule has 1 aliphatic heterocycles. The van der Waals surface area contributed by atoms with Crippen LogP contribution in [-0.4, -0.2) is 28.9 Å². The zero-order valence-electron chi connectivity index (χ0n) is 10.3. The average Bonchev–Trinajstić information content (AvgIpc) is 2.86. The second-order valence-corrected chi connectivity index (χ2v) is 5.29. The summed E-state index contributed by atoms with van der Waals surface area (Å²) in [6.45, 7) is 1.82. The van der Waals surface area contributed by atoms with E-state index >= 15 is 0 Å². The van der Waals surface area contributed by atoms with Gasteiger partial charge >= 0.3 is 6.18 Å². The Labute approximate surface area is 113 Å². The Morgan fingerprint density at radius 3 is 2.63 bits per heavy atom. The van der Waals surface area contributed by atoms with Crippen LogP contribution >= 0.6 is 11.3 Å². The number of aliphatic imine (C=N–C) groups is 1. The summed E-state index contributed by atoms with van der Waals surface area (Å²) >= 11 is 0.953. The van der Waals surface area contributed by atoms with Crippen molar-refractivity contribution in [1.29, 1.82) is 0 Å². The zero-order valence-corrected chi connectivity index (χ0v) is 11.1. The lowest BCUT2D eigenvalue weighted by Gasteiger charge is -2.27. The molecule has 2 N–H and O–H groups in total. The molecular formula is C11H15F3N4S. The Bertz CT molecular complexity index is 449. The van der Waals surface area contributed by atoms with Gasteiger partial charge in [0.2, 0.25) is 0 Å². The number of halogens is 3. The highest BCUT2D eigenvalue weighted by atomic mass is 32.1. The molecule has 0 atom stereocenters. The molecule has 1 saturated heterocycles. The Morgan fingerprint density at radius 2 is 2.05 bits per heavy atom. The number of rotatable bonds is 2. The van der Waals surface area contributed by atoms with E-state index in [2.05, 4.69) is 9.98 Å². The Hall–Kier alpha value is -1.31. The molecule has 0 radical (unpaired) electrons. The van der Waals surface area contributed by atoms with Crippen LogP contribution in [0, 0.1) is 0 Å². The smallest absolute Gasteiger partial charge is 0.370 e. The summed E-state index contributed by atoms with van der Waals surface area (Å²) in [5, 5.41) is 1.33. The molecule has 1 aromatic heterocycles. The Kier molecular flexibility index (Phi) is 4.28. The fraction of sp³-hybridized carbons (Fsp3) is 0.636. The molecule has 0 saturated carbocycles. The maximum atomic E-state index is 12.4. The van der Waals surface area contributed by atoms with Crippen molar-refractivity contribution < 1.29 is 13.2 Å². The standard InChI is InChI=1S/C11H15F3N4S/c12-11(13,14)8-7-19-9(17-8)6-16-10(15)18-4-2-1-3-5-18/h7H,1-6H2,(H2,15,16). The quantitative estimate of drug-likeness (QED) is 0.673. The van der Waals surface area contributed by atoms with E-state index < -0.39 is 11.9 Å². The summed E-state index contributed by atoms with van der Waals surface area (Å²) in [5.41, 5.74) is 4.96. The third-order valence-corrected chi connectivity index (χ3v) is 3.73. The lowest BCUT2D eigenvalue weighted by atomic mass is 10.1. The minimum Gasteiger partial charge on any atom is -0.370 e. The molecular weight excluding hydrogens is 277 g/mol. The molecule has 0 aliphatic carbocycles. The van der Waals surface area contributed by atoms with E-state index in [-0.39, 0.29) is 6.54 Å². The zero-order chi connectivity index (χ0) is 13.9. The topological polar surface area (TPSA) is 54.5 Å². The van der Waals surface area contributed by atoms with Crippen molar-refractivity contribution in [3.05, 3.63) is 16.1 Å². The van der Waals surface area contributed by atoms with E-state index in [1.807, 2.05) is 4.90 Å². The van der Waals surface area contributed by atoms with E-state index in [4.69, 9.17) is 5.73 Å². The second-order valence-electron chi connectivity index (χ2n) is 4.35. The first-order chi connectivity index (χ1) is 8.97. The monoisotopic (exact) mass is 292 g/mol. The van der Waals surface area contributed by atoms with Crippen LogP contribution in [0.2, 0.25) is 0 Å². The van der Waals surface area contributed by atoms with Crippen LogP contribution in [0.5, 0.6) is 0 Å². The summed E-state index contributed by atoms with van der Waals surface area (Å²) in [4.78, 5) is 9.59. The van der Waals surface area contributed by atoms with Crippen LogP contribution in [-0.2, 0) is 12.7 Å². The van der Waals surface area contributed by atoms with Crippen LogP contribution in [0.4, 0.5) is 13.2 Å². The lowest BCUT2D eigenvalue weighted by Crippen LogP contribution is -2.40. The van der Waals surface area contributed by atoms with Crippen molar-refractivity contribution in [3.8, 4) is 0 Å². The van der Waals surface area contributed by atoms with Gasteiger partial charge in [-0.25, -0.2) is 9.98 Å². The first-order valence-electron chi connectivity index (χ1n) is 6.03. The van der Waals surface area contributed by atoms with Crippen molar-refractivity contribution in [2.24, 2.45) is 10.7 Å². The number of alkyl halides is 3. The van der Waals surface area contributed by atoms with E-state index in [1.54, 1.807) is 0 Å². The molecule has 0 amide bonds. The summed E-state index contributed by atoms with van der Waals surface area (Å²) < 4.78 is 37.1. The van der Waals surface area contributed by atoms with Gasteiger partial charge in [0.25, 0.3) is 0 Å². The maximum absolute atomic E-state index is 12.4. The largest absolute Gasteiger partial charge is 0.434 e. The van der Waals surface area contributed by atoms with Gasteiger partial charge in [-0.3, -0.25) is 0 Å². The van der Waals surface area contributed by atoms with Gasteiger partial charge in [-0.2, -0.15) is 13.2 Å². The van der Waals surface area contributed by atoms with Crippen LogP contribution in [0.15, 0.2) is 10.4 Å². The molecule has 1 aromatic rings. The van der Waals surface area contributed by atoms with Gasteiger partial charge in [0.15, 0.2) is 11.7 Å². The molecule has 0 aromatic carbocycles. The number of hydrogen-bond donors (Lipinski definition) is 1. The van der Waals surface area contributed by atoms with Gasteiger partial charge in [-0.15, -0.1) is 11.3 Å². The minimum atomic E-state index is -4.39. The minimum absolute atomic E-state index is 0.100. The number of thiazole rings is 1. The van der Waals surface area contributed by atoms with Gasteiger partial charge in [0.05, 0.1) is 6.54 Å². The predicted octanol–water partition coefficient (Wildman–Crippen LogP) is 2.46. The van der Waals surface area contributed by atoms with Crippen molar-refractivity contribution in [3.63, 3.8) is 0 Å². The van der Waals surface area contributed by atoms with Gasteiger partial charge in [0.1, 0.15) is 5.01 Å². The van der Waals surface area contributed by atoms with Gasteiger partial charge in [-0.1, -0.05) is 0 Å². The fourth-order valence-corrected chi connectivity index (χ4v) is 2.61. The van der Waals surface area contributed by atoms with Gasteiger partial charge in [0, 0.05) is 18.5 Å². The highest BCUT2D eigenvalue weighted by molar-refractivity contribution is 7.09. The number of piperidine rings is 1. The van der Waals surface area contributed by atoms with Crippen molar-refractivity contribution in [2.45, 2.75) is 32.0 Å². The normalized spacial score (nSPS) is 17.8. The van der Waals surface area contributed by atoms with E-state index in [0.29, 0.717) is 11.0 Å². The second kappa shape index (κ2) is 5.77. The van der Waals surface area contributed by atoms with E-state index in [0.717, 1.165) is 42.6 Å². The summed E-state index contributed by atoms with van der Waals surface area (Å²) in [6, 6.07) is 0. The molecule has 106 valence electrons. The number of aromatic nitrogens is 1. The van der Waals surface area contributed by atoms with Crippen LogP contribution in [0.3, 0.4) is 0 Å². The molecule has 4 nitrogen and oxygen atoms in total. The summed E-state index contributed by atoms with van der Waals surface area (Å²) in [7, 11) is 0. The number of nitrogens with two attached hydrogens (primary N) is 1. The first kappa shape index (κ1) is 14.1. The molecule has 1 fully saturated rings. The number of likely N-dealkylation sites (tertiary alicyclic amines) is 1. The molecule has 8 heteroatoms. The molecule has 19 heavy (non-hydrogen) atoms. The Morgan fingerprint density at radius 1 is 1.37 bits per heavy atom. The molecule has 2 rings (SSSR count). The number of nitrogens with zero attached hydrogens (tertiary/aromatic N) is 3. The Balaban J connectivity index is 1.95. The maximum Gasteiger partial charge on any atom is 0.434 e. The molecule has 0 unspecified atom stereocenters.